The molecule has 0 saturated heterocycles. The molecule has 98 valence electrons. The van der Waals surface area contributed by atoms with Gasteiger partial charge in [0.15, 0.2) is 17.5 Å². The van der Waals surface area contributed by atoms with Gasteiger partial charge in [0, 0.05) is 0 Å². The van der Waals surface area contributed by atoms with Crippen LogP contribution in [0.5, 0.6) is 0 Å². The van der Waals surface area contributed by atoms with Crippen molar-refractivity contribution in [2.75, 3.05) is 6.61 Å². The van der Waals surface area contributed by atoms with Crippen molar-refractivity contribution >= 4 is 5.91 Å². The average molecular weight is 259 g/mol. The van der Waals surface area contributed by atoms with Crippen molar-refractivity contribution in [1.82, 2.24) is 5.32 Å². The van der Waals surface area contributed by atoms with Crippen molar-refractivity contribution in [1.29, 1.82) is 0 Å². The highest BCUT2D eigenvalue weighted by molar-refractivity contribution is 5.95. The van der Waals surface area contributed by atoms with E-state index in [0.717, 1.165) is 12.5 Å². The van der Waals surface area contributed by atoms with Gasteiger partial charge in [-0.2, -0.15) is 0 Å². The van der Waals surface area contributed by atoms with Crippen molar-refractivity contribution in [3.8, 4) is 0 Å². The van der Waals surface area contributed by atoms with Crippen molar-refractivity contribution < 1.29 is 23.1 Å². The van der Waals surface area contributed by atoms with Crippen molar-refractivity contribution in [3.05, 3.63) is 35.1 Å². The smallest absolute Gasteiger partial charge is 0.254 e. The predicted octanol–water partition coefficient (Wildman–Crippen LogP) is 1.75. The summed E-state index contributed by atoms with van der Waals surface area (Å²) in [6, 6.07) is 1.58. The first-order valence-corrected chi connectivity index (χ1v) is 5.56. The molecule has 0 atom stereocenters. The molecule has 0 radical (unpaired) electrons. The topological polar surface area (TPSA) is 49.3 Å². The van der Waals surface area contributed by atoms with E-state index in [1.165, 1.54) is 0 Å². The Morgan fingerprint density at radius 3 is 2.44 bits per heavy atom. The van der Waals surface area contributed by atoms with Crippen LogP contribution in [-0.4, -0.2) is 23.2 Å². The number of halogens is 3. The van der Waals surface area contributed by atoms with Crippen molar-refractivity contribution in [3.63, 3.8) is 0 Å². The number of aliphatic hydroxyl groups is 1. The molecule has 6 heteroatoms. The number of benzene rings is 1. The summed E-state index contributed by atoms with van der Waals surface area (Å²) in [5.41, 5.74) is -1.32. The second-order valence-electron chi connectivity index (χ2n) is 4.47. The molecule has 0 unspecified atom stereocenters. The zero-order valence-corrected chi connectivity index (χ0v) is 9.47. The number of aliphatic hydroxyl groups excluding tert-OH is 1. The van der Waals surface area contributed by atoms with Crippen LogP contribution in [0.3, 0.4) is 0 Å². The average Bonchev–Trinajstić information content (AvgIpc) is 2.31. The number of carbonyl (C=O) groups is 1. The third-order valence-corrected chi connectivity index (χ3v) is 3.27. The maximum absolute atomic E-state index is 13.4. The number of rotatable bonds is 3. The van der Waals surface area contributed by atoms with Crippen molar-refractivity contribution in [2.24, 2.45) is 0 Å². The summed E-state index contributed by atoms with van der Waals surface area (Å²) in [5.74, 6) is -5.38. The summed E-state index contributed by atoms with van der Waals surface area (Å²) in [7, 11) is 0. The Bertz CT molecular complexity index is 481. The van der Waals surface area contributed by atoms with Crippen LogP contribution in [0.25, 0.3) is 0 Å². The van der Waals surface area contributed by atoms with E-state index in [1.54, 1.807) is 0 Å². The Morgan fingerprint density at radius 1 is 1.28 bits per heavy atom. The van der Waals surface area contributed by atoms with Crippen LogP contribution in [0.2, 0.25) is 0 Å². The highest BCUT2D eigenvalue weighted by Crippen LogP contribution is 2.31. The first kappa shape index (κ1) is 12.9. The standard InChI is InChI=1S/C12H12F3NO2/c13-8-3-2-7(9(14)10(8)15)11(18)16-12(6-17)4-1-5-12/h2-3,17H,1,4-6H2,(H,16,18). The molecular weight excluding hydrogens is 247 g/mol. The molecule has 1 aliphatic carbocycles. The summed E-state index contributed by atoms with van der Waals surface area (Å²) < 4.78 is 39.1. The Balaban J connectivity index is 2.22. The monoisotopic (exact) mass is 259 g/mol. The molecule has 2 N–H and O–H groups in total. The number of hydrogen-bond donors (Lipinski definition) is 2. The van der Waals surface area contributed by atoms with E-state index in [4.69, 9.17) is 5.11 Å². The third kappa shape index (κ3) is 2.08. The lowest BCUT2D eigenvalue weighted by Crippen LogP contribution is -2.56. The maximum Gasteiger partial charge on any atom is 0.254 e. The van der Waals surface area contributed by atoms with E-state index in [2.05, 4.69) is 5.32 Å². The minimum Gasteiger partial charge on any atom is -0.394 e. The van der Waals surface area contributed by atoms with E-state index in [9.17, 15) is 18.0 Å². The Morgan fingerprint density at radius 2 is 1.94 bits per heavy atom. The van der Waals surface area contributed by atoms with Gasteiger partial charge >= 0.3 is 0 Å². The second kappa shape index (κ2) is 4.61. The quantitative estimate of drug-likeness (QED) is 0.812. The first-order chi connectivity index (χ1) is 8.49. The van der Waals surface area contributed by atoms with Gasteiger partial charge in [-0.3, -0.25) is 4.79 Å². The van der Waals surface area contributed by atoms with Crippen LogP contribution in [0.4, 0.5) is 13.2 Å². The lowest BCUT2D eigenvalue weighted by Gasteiger charge is -2.40. The van der Waals surface area contributed by atoms with Crippen LogP contribution in [0, 0.1) is 17.5 Å². The molecular formula is C12H12F3NO2. The van der Waals surface area contributed by atoms with Gasteiger partial charge in [0.1, 0.15) is 0 Å². The van der Waals surface area contributed by atoms with Crippen molar-refractivity contribution in [2.45, 2.75) is 24.8 Å². The van der Waals surface area contributed by atoms with Gasteiger partial charge in [0.2, 0.25) is 0 Å². The minimum absolute atomic E-state index is 0.260. The largest absolute Gasteiger partial charge is 0.394 e. The zero-order chi connectivity index (χ0) is 13.3. The van der Waals surface area contributed by atoms with E-state index >= 15 is 0 Å². The number of hydrogen-bond acceptors (Lipinski definition) is 2. The molecule has 1 aromatic carbocycles. The summed E-state index contributed by atoms with van der Waals surface area (Å²) in [6.07, 6.45) is 2.02. The maximum atomic E-state index is 13.4. The van der Waals surface area contributed by atoms with Gasteiger partial charge in [0.25, 0.3) is 5.91 Å². The molecule has 0 spiro atoms. The van der Waals surface area contributed by atoms with E-state index in [-0.39, 0.29) is 6.61 Å². The van der Waals surface area contributed by atoms with Gasteiger partial charge in [-0.25, -0.2) is 13.2 Å². The fourth-order valence-corrected chi connectivity index (χ4v) is 1.94. The predicted molar refractivity (Wildman–Crippen MR) is 57.5 cm³/mol. The van der Waals surface area contributed by atoms with Crippen LogP contribution in [0.15, 0.2) is 12.1 Å². The van der Waals surface area contributed by atoms with Gasteiger partial charge in [-0.05, 0) is 31.4 Å². The molecule has 0 aliphatic heterocycles. The fraction of sp³-hybridized carbons (Fsp3) is 0.417. The van der Waals surface area contributed by atoms with Gasteiger partial charge in [-0.15, -0.1) is 0 Å². The van der Waals surface area contributed by atoms with E-state index in [0.29, 0.717) is 18.9 Å². The highest BCUT2D eigenvalue weighted by atomic mass is 19.2. The van der Waals surface area contributed by atoms with E-state index < -0.39 is 34.5 Å². The van der Waals surface area contributed by atoms with Crippen LogP contribution in [0.1, 0.15) is 29.6 Å². The normalized spacial score (nSPS) is 17.1. The van der Waals surface area contributed by atoms with Gasteiger partial charge in [-0.1, -0.05) is 0 Å². The Kier molecular flexibility index (Phi) is 3.30. The second-order valence-corrected chi connectivity index (χ2v) is 4.47. The number of carbonyl (C=O) groups excluding carboxylic acids is 1. The van der Waals surface area contributed by atoms with E-state index in [1.807, 2.05) is 0 Å². The third-order valence-electron chi connectivity index (χ3n) is 3.27. The molecule has 1 aliphatic rings. The zero-order valence-electron chi connectivity index (χ0n) is 9.47. The summed E-state index contributed by atoms with van der Waals surface area (Å²) in [4.78, 5) is 11.7. The Labute approximate surface area is 102 Å². The van der Waals surface area contributed by atoms with Gasteiger partial charge < -0.3 is 10.4 Å². The fourth-order valence-electron chi connectivity index (χ4n) is 1.94. The first-order valence-electron chi connectivity index (χ1n) is 5.56. The summed E-state index contributed by atoms with van der Waals surface area (Å²) in [5, 5.41) is 11.6. The highest BCUT2D eigenvalue weighted by Gasteiger charge is 2.38. The molecule has 2 rings (SSSR count). The molecule has 1 fully saturated rings. The molecule has 1 saturated carbocycles. The van der Waals surface area contributed by atoms with Crippen LogP contribution >= 0.6 is 0 Å². The summed E-state index contributed by atoms with van der Waals surface area (Å²) >= 11 is 0. The Hall–Kier alpha value is -1.56. The van der Waals surface area contributed by atoms with Gasteiger partial charge in [0.05, 0.1) is 17.7 Å². The molecule has 0 aromatic heterocycles. The molecule has 1 aromatic rings. The minimum atomic E-state index is -1.67. The molecule has 3 nitrogen and oxygen atoms in total. The molecule has 0 bridgehead atoms. The lowest BCUT2D eigenvalue weighted by molar-refractivity contribution is 0.0637. The van der Waals surface area contributed by atoms with Crippen LogP contribution in [-0.2, 0) is 0 Å². The number of amides is 1. The molecule has 18 heavy (non-hydrogen) atoms. The molecule has 0 heterocycles. The summed E-state index contributed by atoms with van der Waals surface area (Å²) in [6.45, 7) is -0.260. The lowest BCUT2D eigenvalue weighted by atomic mass is 9.77. The molecule has 1 amide bonds. The SMILES string of the molecule is O=C(NC1(CO)CCC1)c1ccc(F)c(F)c1F. The van der Waals surface area contributed by atoms with Crippen LogP contribution < -0.4 is 5.32 Å². The number of nitrogens with one attached hydrogen (secondary N) is 1.